The minimum absolute atomic E-state index is 0.121. The number of aryl methyl sites for hydroxylation is 1. The lowest BCUT2D eigenvalue weighted by Crippen LogP contribution is -2.18. The van der Waals surface area contributed by atoms with Crippen LogP contribution in [0.2, 0.25) is 10.0 Å². The van der Waals surface area contributed by atoms with Crippen LogP contribution in [-0.2, 0) is 0 Å². The lowest BCUT2D eigenvalue weighted by molar-refractivity contribution is 0.615. The highest BCUT2D eigenvalue weighted by Gasteiger charge is 2.14. The van der Waals surface area contributed by atoms with Gasteiger partial charge in [-0.05, 0) is 54.9 Å². The summed E-state index contributed by atoms with van der Waals surface area (Å²) < 4.78 is 13.5. The van der Waals surface area contributed by atoms with Gasteiger partial charge in [0.15, 0.2) is 0 Å². The van der Waals surface area contributed by atoms with E-state index in [0.29, 0.717) is 10.0 Å². The fourth-order valence-corrected chi connectivity index (χ4v) is 2.46. The maximum absolute atomic E-state index is 13.5. The summed E-state index contributed by atoms with van der Waals surface area (Å²) in [5.41, 5.74) is 2.69. The van der Waals surface area contributed by atoms with Crippen molar-refractivity contribution >= 4 is 23.2 Å². The van der Waals surface area contributed by atoms with E-state index in [1.54, 1.807) is 12.1 Å². The lowest BCUT2D eigenvalue weighted by Gasteiger charge is -2.18. The van der Waals surface area contributed by atoms with Crippen LogP contribution in [0.5, 0.6) is 0 Å². The Morgan fingerprint density at radius 3 is 2.32 bits per heavy atom. The van der Waals surface area contributed by atoms with E-state index in [1.807, 2.05) is 26.1 Å². The summed E-state index contributed by atoms with van der Waals surface area (Å²) in [5.74, 6) is -0.240. The van der Waals surface area contributed by atoms with Crippen LogP contribution in [-0.4, -0.2) is 7.05 Å². The minimum atomic E-state index is -0.240. The summed E-state index contributed by atoms with van der Waals surface area (Å²) in [6.07, 6.45) is 0. The number of hydrogen-bond donors (Lipinski definition) is 1. The molecule has 4 heteroatoms. The molecule has 100 valence electrons. The first-order chi connectivity index (χ1) is 9.01. The van der Waals surface area contributed by atoms with Gasteiger partial charge in [-0.2, -0.15) is 0 Å². The SMILES string of the molecule is CNC(c1cc(C)cc(F)c1)c1ccc(Cl)c(Cl)c1. The zero-order valence-corrected chi connectivity index (χ0v) is 12.2. The Morgan fingerprint density at radius 2 is 1.74 bits per heavy atom. The predicted octanol–water partition coefficient (Wildman–Crippen LogP) is 4.75. The molecule has 2 aromatic carbocycles. The van der Waals surface area contributed by atoms with Gasteiger partial charge in [0.25, 0.3) is 0 Å². The fraction of sp³-hybridized carbons (Fsp3) is 0.200. The van der Waals surface area contributed by atoms with Gasteiger partial charge in [-0.15, -0.1) is 0 Å². The lowest BCUT2D eigenvalue weighted by atomic mass is 9.97. The first-order valence-corrected chi connectivity index (χ1v) is 6.66. The Labute approximate surface area is 122 Å². The van der Waals surface area contributed by atoms with E-state index in [2.05, 4.69) is 5.32 Å². The van der Waals surface area contributed by atoms with Gasteiger partial charge in [-0.25, -0.2) is 4.39 Å². The molecular formula is C15H14Cl2FN. The van der Waals surface area contributed by atoms with E-state index in [-0.39, 0.29) is 11.9 Å². The average Bonchev–Trinajstić information content (AvgIpc) is 2.33. The minimum Gasteiger partial charge on any atom is -0.309 e. The first-order valence-electron chi connectivity index (χ1n) is 5.90. The van der Waals surface area contributed by atoms with E-state index in [4.69, 9.17) is 23.2 Å². The van der Waals surface area contributed by atoms with Gasteiger partial charge < -0.3 is 5.32 Å². The number of benzene rings is 2. The van der Waals surface area contributed by atoms with Crippen molar-refractivity contribution in [2.45, 2.75) is 13.0 Å². The maximum atomic E-state index is 13.5. The molecule has 0 saturated carbocycles. The molecule has 0 bridgehead atoms. The van der Waals surface area contributed by atoms with E-state index in [0.717, 1.165) is 16.7 Å². The van der Waals surface area contributed by atoms with Gasteiger partial charge in [0.1, 0.15) is 5.82 Å². The fourth-order valence-electron chi connectivity index (χ4n) is 2.15. The molecule has 0 saturated heterocycles. The third-order valence-electron chi connectivity index (χ3n) is 2.96. The molecule has 0 radical (unpaired) electrons. The average molecular weight is 298 g/mol. The quantitative estimate of drug-likeness (QED) is 0.862. The smallest absolute Gasteiger partial charge is 0.123 e. The zero-order valence-electron chi connectivity index (χ0n) is 10.7. The molecule has 0 heterocycles. The van der Waals surface area contributed by atoms with Crippen molar-refractivity contribution in [1.29, 1.82) is 0 Å². The van der Waals surface area contributed by atoms with Crippen LogP contribution < -0.4 is 5.32 Å². The molecule has 1 nitrogen and oxygen atoms in total. The predicted molar refractivity (Wildman–Crippen MR) is 78.5 cm³/mol. The Bertz CT molecular complexity index is 578. The second-order valence-corrected chi connectivity index (χ2v) is 5.27. The molecule has 1 N–H and O–H groups in total. The summed E-state index contributed by atoms with van der Waals surface area (Å²) in [4.78, 5) is 0. The number of halogens is 3. The van der Waals surface area contributed by atoms with E-state index < -0.39 is 0 Å². The second kappa shape index (κ2) is 5.91. The largest absolute Gasteiger partial charge is 0.309 e. The number of hydrogen-bond acceptors (Lipinski definition) is 1. The van der Waals surface area contributed by atoms with Gasteiger partial charge >= 0.3 is 0 Å². The molecule has 0 aliphatic rings. The summed E-state index contributed by atoms with van der Waals surface area (Å²) in [6.45, 7) is 1.87. The standard InChI is InChI=1S/C15H14Cl2FN/c1-9-5-11(7-12(18)6-9)15(19-2)10-3-4-13(16)14(17)8-10/h3-8,15,19H,1-2H3. The van der Waals surface area contributed by atoms with Gasteiger partial charge in [-0.3, -0.25) is 0 Å². The molecule has 19 heavy (non-hydrogen) atoms. The van der Waals surface area contributed by atoms with Crippen LogP contribution in [0.1, 0.15) is 22.7 Å². The summed E-state index contributed by atoms with van der Waals surface area (Å²) in [5, 5.41) is 4.17. The Kier molecular flexibility index (Phi) is 4.46. The third kappa shape index (κ3) is 3.27. The molecular weight excluding hydrogens is 284 g/mol. The second-order valence-electron chi connectivity index (χ2n) is 4.46. The normalized spacial score (nSPS) is 12.5. The van der Waals surface area contributed by atoms with Crippen LogP contribution in [0, 0.1) is 12.7 Å². The topological polar surface area (TPSA) is 12.0 Å². The molecule has 0 aliphatic heterocycles. The van der Waals surface area contributed by atoms with Crippen molar-refractivity contribution in [3.63, 3.8) is 0 Å². The number of rotatable bonds is 3. The molecule has 2 rings (SSSR count). The van der Waals surface area contributed by atoms with E-state index >= 15 is 0 Å². The maximum Gasteiger partial charge on any atom is 0.123 e. The van der Waals surface area contributed by atoms with Gasteiger partial charge in [0, 0.05) is 0 Å². The van der Waals surface area contributed by atoms with Crippen molar-refractivity contribution < 1.29 is 4.39 Å². The molecule has 0 fully saturated rings. The van der Waals surface area contributed by atoms with Crippen molar-refractivity contribution in [1.82, 2.24) is 5.32 Å². The van der Waals surface area contributed by atoms with Crippen LogP contribution in [0.15, 0.2) is 36.4 Å². The molecule has 0 aromatic heterocycles. The van der Waals surface area contributed by atoms with Crippen LogP contribution in [0.25, 0.3) is 0 Å². The monoisotopic (exact) mass is 297 g/mol. The third-order valence-corrected chi connectivity index (χ3v) is 3.70. The van der Waals surface area contributed by atoms with E-state index in [1.165, 1.54) is 12.1 Å². The molecule has 0 amide bonds. The highest BCUT2D eigenvalue weighted by Crippen LogP contribution is 2.29. The van der Waals surface area contributed by atoms with Crippen molar-refractivity contribution in [2.24, 2.45) is 0 Å². The van der Waals surface area contributed by atoms with Crippen LogP contribution >= 0.6 is 23.2 Å². The van der Waals surface area contributed by atoms with Crippen molar-refractivity contribution in [3.8, 4) is 0 Å². The summed E-state index contributed by atoms with van der Waals surface area (Å²) in [7, 11) is 1.83. The van der Waals surface area contributed by atoms with Gasteiger partial charge in [0.05, 0.1) is 16.1 Å². The van der Waals surface area contributed by atoms with E-state index in [9.17, 15) is 4.39 Å². The molecule has 1 unspecified atom stereocenters. The van der Waals surface area contributed by atoms with Crippen LogP contribution in [0.4, 0.5) is 4.39 Å². The molecule has 0 spiro atoms. The molecule has 0 aliphatic carbocycles. The van der Waals surface area contributed by atoms with Crippen molar-refractivity contribution in [2.75, 3.05) is 7.05 Å². The molecule has 2 aromatic rings. The first kappa shape index (κ1) is 14.3. The van der Waals surface area contributed by atoms with Gasteiger partial charge in [0.2, 0.25) is 0 Å². The highest BCUT2D eigenvalue weighted by atomic mass is 35.5. The Hall–Kier alpha value is -1.09. The zero-order chi connectivity index (χ0) is 14.0. The Balaban J connectivity index is 2.46. The highest BCUT2D eigenvalue weighted by molar-refractivity contribution is 6.42. The van der Waals surface area contributed by atoms with Gasteiger partial charge in [-0.1, -0.05) is 35.3 Å². The summed E-state index contributed by atoms with van der Waals surface area (Å²) in [6, 6.07) is 10.3. The Morgan fingerprint density at radius 1 is 1.00 bits per heavy atom. The van der Waals surface area contributed by atoms with Crippen molar-refractivity contribution in [3.05, 3.63) is 69.0 Å². The number of nitrogens with one attached hydrogen (secondary N) is 1. The van der Waals surface area contributed by atoms with Crippen LogP contribution in [0.3, 0.4) is 0 Å². The summed E-state index contributed by atoms with van der Waals surface area (Å²) >= 11 is 11.9. The molecule has 1 atom stereocenters.